The van der Waals surface area contributed by atoms with Gasteiger partial charge < -0.3 is 9.15 Å². The molecule has 0 saturated carbocycles. The molecule has 22 heavy (non-hydrogen) atoms. The number of carbonyl (C=O) groups excluding carboxylic acids is 1. The number of benzene rings is 1. The Balaban J connectivity index is 1.84. The average molecular weight is 341 g/mol. The van der Waals surface area contributed by atoms with Gasteiger partial charge >= 0.3 is 0 Å². The van der Waals surface area contributed by atoms with Gasteiger partial charge in [-0.15, -0.1) is 10.2 Å². The molecule has 0 bridgehead atoms. The van der Waals surface area contributed by atoms with Crippen LogP contribution < -0.4 is 4.74 Å². The number of ether oxygens (including phenoxy) is 1. The number of hydrogen-bond acceptors (Lipinski definition) is 6. The predicted molar refractivity (Wildman–Crippen MR) is 85.3 cm³/mol. The fourth-order valence-electron chi connectivity index (χ4n) is 1.37. The van der Waals surface area contributed by atoms with Crippen LogP contribution in [0.2, 0.25) is 5.02 Å². The lowest BCUT2D eigenvalue weighted by Gasteiger charge is -2.14. The normalized spacial score (nSPS) is 11.5. The van der Waals surface area contributed by atoms with Crippen LogP contribution in [0.3, 0.4) is 0 Å². The molecule has 2 aromatic rings. The van der Waals surface area contributed by atoms with Gasteiger partial charge in [0.15, 0.2) is 6.61 Å². The molecule has 0 amide bonds. The number of rotatable bonds is 6. The molecule has 7 heteroatoms. The van der Waals surface area contributed by atoms with Gasteiger partial charge in [0, 0.05) is 10.4 Å². The maximum absolute atomic E-state index is 11.8. The van der Waals surface area contributed by atoms with E-state index in [0.29, 0.717) is 27.6 Å². The molecular weight excluding hydrogens is 324 g/mol. The molecule has 0 radical (unpaired) electrons. The zero-order valence-electron chi connectivity index (χ0n) is 12.6. The molecule has 0 atom stereocenters. The Bertz CT molecular complexity index is 635. The predicted octanol–water partition coefficient (Wildman–Crippen LogP) is 4.01. The summed E-state index contributed by atoms with van der Waals surface area (Å²) >= 11 is 7.03. The second-order valence-corrected chi connectivity index (χ2v) is 7.03. The Hall–Kier alpha value is -1.53. The van der Waals surface area contributed by atoms with E-state index in [4.69, 9.17) is 20.8 Å². The Kier molecular flexibility index (Phi) is 5.47. The van der Waals surface area contributed by atoms with Crippen molar-refractivity contribution in [3.63, 3.8) is 0 Å². The van der Waals surface area contributed by atoms with Crippen molar-refractivity contribution < 1.29 is 13.9 Å². The Morgan fingerprint density at radius 3 is 2.59 bits per heavy atom. The SMILES string of the molecule is CC(C)(C)C(=O)CSc1nnc(COc2ccc(Cl)cc2)o1. The smallest absolute Gasteiger partial charge is 0.277 e. The van der Waals surface area contributed by atoms with Crippen molar-refractivity contribution in [1.82, 2.24) is 10.2 Å². The molecule has 0 unspecified atom stereocenters. The lowest BCUT2D eigenvalue weighted by molar-refractivity contribution is -0.123. The van der Waals surface area contributed by atoms with Crippen LogP contribution in [0.4, 0.5) is 0 Å². The fraction of sp³-hybridized carbons (Fsp3) is 0.400. The summed E-state index contributed by atoms with van der Waals surface area (Å²) in [6.45, 7) is 5.82. The topological polar surface area (TPSA) is 65.2 Å². The molecule has 1 aromatic heterocycles. The summed E-state index contributed by atoms with van der Waals surface area (Å²) in [4.78, 5) is 11.8. The molecule has 0 N–H and O–H groups in total. The summed E-state index contributed by atoms with van der Waals surface area (Å²) < 4.78 is 10.9. The highest BCUT2D eigenvalue weighted by Gasteiger charge is 2.22. The summed E-state index contributed by atoms with van der Waals surface area (Å²) in [6.07, 6.45) is 0. The highest BCUT2D eigenvalue weighted by Crippen LogP contribution is 2.23. The van der Waals surface area contributed by atoms with Gasteiger partial charge in [0.1, 0.15) is 11.5 Å². The maximum Gasteiger partial charge on any atom is 0.277 e. The minimum Gasteiger partial charge on any atom is -0.484 e. The van der Waals surface area contributed by atoms with Crippen LogP contribution in [-0.4, -0.2) is 21.7 Å². The van der Waals surface area contributed by atoms with Gasteiger partial charge in [0.05, 0.1) is 5.75 Å². The van der Waals surface area contributed by atoms with Crippen molar-refractivity contribution in [3.8, 4) is 5.75 Å². The second-order valence-electron chi connectivity index (χ2n) is 5.67. The van der Waals surface area contributed by atoms with Gasteiger partial charge in [-0.25, -0.2) is 0 Å². The van der Waals surface area contributed by atoms with Crippen molar-refractivity contribution >= 4 is 29.1 Å². The van der Waals surface area contributed by atoms with Crippen LogP contribution >= 0.6 is 23.4 Å². The van der Waals surface area contributed by atoms with E-state index < -0.39 is 0 Å². The number of thioether (sulfide) groups is 1. The summed E-state index contributed by atoms with van der Waals surface area (Å²) in [7, 11) is 0. The van der Waals surface area contributed by atoms with E-state index >= 15 is 0 Å². The van der Waals surface area contributed by atoms with E-state index in [1.165, 1.54) is 11.8 Å². The second kappa shape index (κ2) is 7.15. The molecule has 5 nitrogen and oxygen atoms in total. The molecule has 0 saturated heterocycles. The van der Waals surface area contributed by atoms with Crippen LogP contribution in [0.15, 0.2) is 33.9 Å². The highest BCUT2D eigenvalue weighted by molar-refractivity contribution is 7.99. The summed E-state index contributed by atoms with van der Waals surface area (Å²) in [5.74, 6) is 1.47. The quantitative estimate of drug-likeness (QED) is 0.740. The van der Waals surface area contributed by atoms with Crippen LogP contribution in [0.25, 0.3) is 0 Å². The molecule has 0 spiro atoms. The van der Waals surface area contributed by atoms with Gasteiger partial charge in [-0.2, -0.15) is 0 Å². The highest BCUT2D eigenvalue weighted by atomic mass is 35.5. The lowest BCUT2D eigenvalue weighted by atomic mass is 9.92. The van der Waals surface area contributed by atoms with E-state index in [1.807, 2.05) is 20.8 Å². The number of carbonyl (C=O) groups is 1. The molecule has 0 fully saturated rings. The zero-order chi connectivity index (χ0) is 16.2. The number of Topliss-reactive ketones (excluding diaryl/α,β-unsaturated/α-hetero) is 1. The largest absolute Gasteiger partial charge is 0.484 e. The zero-order valence-corrected chi connectivity index (χ0v) is 14.2. The van der Waals surface area contributed by atoms with Crippen molar-refractivity contribution in [1.29, 1.82) is 0 Å². The number of halogens is 1. The third-order valence-corrected chi connectivity index (χ3v) is 3.86. The van der Waals surface area contributed by atoms with Crippen molar-refractivity contribution in [3.05, 3.63) is 35.2 Å². The molecule has 2 rings (SSSR count). The first-order valence-electron chi connectivity index (χ1n) is 6.71. The first kappa shape index (κ1) is 16.8. The molecule has 0 aliphatic rings. The number of ketones is 1. The molecule has 1 aromatic carbocycles. The summed E-state index contributed by atoms with van der Waals surface area (Å²) in [5, 5.41) is 8.79. The Labute approximate surface area is 138 Å². The molecule has 0 aliphatic heterocycles. The third-order valence-electron chi connectivity index (χ3n) is 2.79. The standard InChI is InChI=1S/C15H17ClN2O3S/c1-15(2,3)12(19)9-22-14-18-17-13(21-14)8-20-11-6-4-10(16)5-7-11/h4-7H,8-9H2,1-3H3. The lowest BCUT2D eigenvalue weighted by Crippen LogP contribution is -2.21. The molecular formula is C15H17ClN2O3S. The van der Waals surface area contributed by atoms with E-state index in [2.05, 4.69) is 10.2 Å². The van der Waals surface area contributed by atoms with Crippen LogP contribution in [0.1, 0.15) is 26.7 Å². The van der Waals surface area contributed by atoms with Crippen molar-refractivity contribution in [2.45, 2.75) is 32.6 Å². The minimum atomic E-state index is -0.368. The van der Waals surface area contributed by atoms with Gasteiger partial charge in [0.2, 0.25) is 0 Å². The van der Waals surface area contributed by atoms with E-state index in [9.17, 15) is 4.79 Å². The van der Waals surface area contributed by atoms with E-state index in [1.54, 1.807) is 24.3 Å². The minimum absolute atomic E-state index is 0.134. The number of nitrogens with zero attached hydrogens (tertiary/aromatic N) is 2. The van der Waals surface area contributed by atoms with E-state index in [0.717, 1.165) is 0 Å². The first-order valence-corrected chi connectivity index (χ1v) is 8.08. The van der Waals surface area contributed by atoms with Gasteiger partial charge in [0.25, 0.3) is 11.1 Å². The van der Waals surface area contributed by atoms with Crippen LogP contribution in [0, 0.1) is 5.41 Å². The number of hydrogen-bond donors (Lipinski definition) is 0. The first-order chi connectivity index (χ1) is 10.3. The van der Waals surface area contributed by atoms with Crippen molar-refractivity contribution in [2.75, 3.05) is 5.75 Å². The van der Waals surface area contributed by atoms with Crippen LogP contribution in [-0.2, 0) is 11.4 Å². The molecule has 0 aliphatic carbocycles. The monoisotopic (exact) mass is 340 g/mol. The van der Waals surface area contributed by atoms with Gasteiger partial charge in [-0.1, -0.05) is 44.1 Å². The Morgan fingerprint density at radius 1 is 1.27 bits per heavy atom. The van der Waals surface area contributed by atoms with Gasteiger partial charge in [-0.3, -0.25) is 4.79 Å². The van der Waals surface area contributed by atoms with E-state index in [-0.39, 0.29) is 17.8 Å². The fourth-order valence-corrected chi connectivity index (χ4v) is 2.44. The Morgan fingerprint density at radius 2 is 1.95 bits per heavy atom. The average Bonchev–Trinajstić information content (AvgIpc) is 2.91. The third kappa shape index (κ3) is 5.03. The summed E-state index contributed by atoms with van der Waals surface area (Å²) in [6, 6.07) is 7.00. The van der Waals surface area contributed by atoms with Crippen molar-refractivity contribution in [2.24, 2.45) is 5.41 Å². The van der Waals surface area contributed by atoms with Gasteiger partial charge in [-0.05, 0) is 24.3 Å². The maximum atomic E-state index is 11.8. The summed E-state index contributed by atoms with van der Waals surface area (Å²) in [5.41, 5.74) is -0.368. The molecule has 1 heterocycles. The number of aromatic nitrogens is 2. The molecule has 118 valence electrons. The van der Waals surface area contributed by atoms with Crippen LogP contribution in [0.5, 0.6) is 5.75 Å².